The third-order valence-corrected chi connectivity index (χ3v) is 5.51. The van der Waals surface area contributed by atoms with Gasteiger partial charge in [0, 0.05) is 30.5 Å². The molecule has 3 heterocycles. The molecule has 0 saturated heterocycles. The maximum absolute atomic E-state index is 9.79. The van der Waals surface area contributed by atoms with Crippen LogP contribution in [-0.4, -0.2) is 28.6 Å². The van der Waals surface area contributed by atoms with Gasteiger partial charge in [-0.05, 0) is 53.9 Å². The van der Waals surface area contributed by atoms with Gasteiger partial charge in [-0.3, -0.25) is 4.98 Å². The van der Waals surface area contributed by atoms with Crippen LogP contribution in [0.5, 0.6) is 5.75 Å². The second-order valence-electron chi connectivity index (χ2n) is 6.62. The SMILES string of the molecule is COc1ccc(C2=CS/C(=C(/C#N)c3ccnc(NCCc4cccnc4)n3)N2)cc1. The Bertz CT molecular complexity index is 1150. The van der Waals surface area contributed by atoms with E-state index in [9.17, 15) is 5.26 Å². The summed E-state index contributed by atoms with van der Waals surface area (Å²) in [5.74, 6) is 1.29. The first-order chi connectivity index (χ1) is 15.3. The molecule has 4 rings (SSSR count). The van der Waals surface area contributed by atoms with Crippen LogP contribution >= 0.6 is 11.8 Å². The van der Waals surface area contributed by atoms with Gasteiger partial charge in [0.2, 0.25) is 5.95 Å². The van der Waals surface area contributed by atoms with Crippen molar-refractivity contribution < 1.29 is 4.74 Å². The lowest BCUT2D eigenvalue weighted by atomic mass is 10.1. The lowest BCUT2D eigenvalue weighted by Gasteiger charge is -2.09. The number of allylic oxidation sites excluding steroid dienone is 1. The average Bonchev–Trinajstić information content (AvgIpc) is 3.30. The van der Waals surface area contributed by atoms with Gasteiger partial charge in [-0.25, -0.2) is 9.97 Å². The number of nitrogens with one attached hydrogen (secondary N) is 2. The van der Waals surface area contributed by atoms with Gasteiger partial charge in [-0.2, -0.15) is 5.26 Å². The number of methoxy groups -OCH3 is 1. The van der Waals surface area contributed by atoms with E-state index in [-0.39, 0.29) is 0 Å². The van der Waals surface area contributed by atoms with Crippen LogP contribution in [-0.2, 0) is 6.42 Å². The summed E-state index contributed by atoms with van der Waals surface area (Å²) in [5, 5.41) is 19.1. The van der Waals surface area contributed by atoms with Crippen molar-refractivity contribution in [3.05, 3.63) is 88.3 Å². The molecule has 3 aromatic rings. The maximum Gasteiger partial charge on any atom is 0.223 e. The largest absolute Gasteiger partial charge is 0.497 e. The number of thioether (sulfide) groups is 1. The number of hydrogen-bond acceptors (Lipinski definition) is 8. The molecule has 1 aliphatic heterocycles. The fourth-order valence-electron chi connectivity index (χ4n) is 3.00. The van der Waals surface area contributed by atoms with Crippen LogP contribution in [0.3, 0.4) is 0 Å². The first-order valence-electron chi connectivity index (χ1n) is 9.65. The van der Waals surface area contributed by atoms with Crippen molar-refractivity contribution in [2.75, 3.05) is 19.0 Å². The lowest BCUT2D eigenvalue weighted by molar-refractivity contribution is 0.415. The van der Waals surface area contributed by atoms with Crippen molar-refractivity contribution >= 4 is 29.0 Å². The van der Waals surface area contributed by atoms with Crippen LogP contribution in [0.2, 0.25) is 0 Å². The highest BCUT2D eigenvalue weighted by Gasteiger charge is 2.18. The van der Waals surface area contributed by atoms with Gasteiger partial charge in [0.1, 0.15) is 17.4 Å². The van der Waals surface area contributed by atoms with Crippen LogP contribution < -0.4 is 15.4 Å². The maximum atomic E-state index is 9.79. The Morgan fingerprint density at radius 2 is 2.06 bits per heavy atom. The Morgan fingerprint density at radius 3 is 2.81 bits per heavy atom. The van der Waals surface area contributed by atoms with E-state index in [2.05, 4.69) is 31.7 Å². The average molecular weight is 429 g/mol. The second kappa shape index (κ2) is 9.78. The molecule has 0 amide bonds. The Kier molecular flexibility index (Phi) is 6.45. The monoisotopic (exact) mass is 428 g/mol. The number of rotatable bonds is 7. The molecule has 0 radical (unpaired) electrons. The molecular weight excluding hydrogens is 408 g/mol. The van der Waals surface area contributed by atoms with Gasteiger partial charge in [-0.15, -0.1) is 0 Å². The van der Waals surface area contributed by atoms with Crippen LogP contribution in [0.15, 0.2) is 71.5 Å². The van der Waals surface area contributed by atoms with Gasteiger partial charge < -0.3 is 15.4 Å². The summed E-state index contributed by atoms with van der Waals surface area (Å²) < 4.78 is 5.21. The number of benzene rings is 1. The van der Waals surface area contributed by atoms with E-state index in [0.29, 0.717) is 23.8 Å². The van der Waals surface area contributed by atoms with Crippen molar-refractivity contribution in [2.45, 2.75) is 6.42 Å². The predicted octanol–water partition coefficient (Wildman–Crippen LogP) is 4.06. The Hall–Kier alpha value is -3.83. The van der Waals surface area contributed by atoms with E-state index >= 15 is 0 Å². The summed E-state index contributed by atoms with van der Waals surface area (Å²) in [5.41, 5.74) is 4.12. The fraction of sp³-hybridized carbons (Fsp3) is 0.130. The number of pyridine rings is 1. The minimum absolute atomic E-state index is 0.475. The number of aromatic nitrogens is 3. The fourth-order valence-corrected chi connectivity index (χ4v) is 3.87. The number of anilines is 1. The molecule has 0 spiro atoms. The zero-order valence-corrected chi connectivity index (χ0v) is 17.7. The van der Waals surface area contributed by atoms with Crippen molar-refractivity contribution in [3.8, 4) is 11.8 Å². The van der Waals surface area contributed by atoms with Crippen LogP contribution in [0.4, 0.5) is 5.95 Å². The zero-order valence-electron chi connectivity index (χ0n) is 16.9. The van der Waals surface area contributed by atoms with Gasteiger partial charge in [0.25, 0.3) is 0 Å². The van der Waals surface area contributed by atoms with E-state index in [1.807, 2.05) is 48.0 Å². The lowest BCUT2D eigenvalue weighted by Crippen LogP contribution is -2.10. The Labute approximate surface area is 184 Å². The molecule has 0 bridgehead atoms. The summed E-state index contributed by atoms with van der Waals surface area (Å²) in [6.07, 6.45) is 6.06. The van der Waals surface area contributed by atoms with Crippen molar-refractivity contribution in [3.63, 3.8) is 0 Å². The molecule has 154 valence electrons. The minimum atomic E-state index is 0.475. The molecule has 31 heavy (non-hydrogen) atoms. The van der Waals surface area contributed by atoms with Crippen LogP contribution in [0.25, 0.3) is 11.3 Å². The molecule has 0 atom stereocenters. The second-order valence-corrected chi connectivity index (χ2v) is 7.50. The standard InChI is InChI=1S/C23H20N6OS/c1-30-18-6-4-17(5-7-18)21-15-31-22(28-21)19(13-24)20-9-12-27-23(29-20)26-11-8-16-3-2-10-25-14-16/h2-7,9-10,12,14-15,28H,8,11H2,1H3,(H,26,27,29)/b22-19-. The third kappa shape index (κ3) is 5.02. The molecule has 1 aromatic carbocycles. The number of hydrogen-bond donors (Lipinski definition) is 2. The van der Waals surface area contributed by atoms with Gasteiger partial charge in [-0.1, -0.05) is 17.8 Å². The summed E-state index contributed by atoms with van der Waals surface area (Å²) in [7, 11) is 1.64. The highest BCUT2D eigenvalue weighted by atomic mass is 32.2. The highest BCUT2D eigenvalue weighted by Crippen LogP contribution is 2.35. The van der Waals surface area contributed by atoms with Gasteiger partial charge in [0.05, 0.1) is 23.5 Å². The summed E-state index contributed by atoms with van der Waals surface area (Å²) >= 11 is 1.47. The van der Waals surface area contributed by atoms with E-state index in [1.54, 1.807) is 25.6 Å². The Balaban J connectivity index is 1.45. The molecule has 2 aromatic heterocycles. The number of ether oxygens (including phenoxy) is 1. The quantitative estimate of drug-likeness (QED) is 0.544. The van der Waals surface area contributed by atoms with E-state index in [4.69, 9.17) is 4.74 Å². The van der Waals surface area contributed by atoms with E-state index in [1.165, 1.54) is 11.8 Å². The van der Waals surface area contributed by atoms with Crippen molar-refractivity contribution in [2.24, 2.45) is 0 Å². The number of nitriles is 1. The van der Waals surface area contributed by atoms with Crippen LogP contribution in [0, 0.1) is 11.3 Å². The summed E-state index contributed by atoms with van der Waals surface area (Å²) in [4.78, 5) is 12.9. The first-order valence-corrected chi connectivity index (χ1v) is 10.5. The molecule has 0 aliphatic carbocycles. The van der Waals surface area contributed by atoms with Gasteiger partial charge in [0.15, 0.2) is 0 Å². The molecule has 0 unspecified atom stereocenters. The molecule has 7 nitrogen and oxygen atoms in total. The third-order valence-electron chi connectivity index (χ3n) is 4.61. The summed E-state index contributed by atoms with van der Waals surface area (Å²) in [6, 6.07) is 15.7. The topological polar surface area (TPSA) is 95.8 Å². The van der Waals surface area contributed by atoms with Crippen molar-refractivity contribution in [1.29, 1.82) is 5.26 Å². The van der Waals surface area contributed by atoms with Gasteiger partial charge >= 0.3 is 0 Å². The zero-order chi connectivity index (χ0) is 21.5. The smallest absolute Gasteiger partial charge is 0.223 e. The predicted molar refractivity (Wildman–Crippen MR) is 123 cm³/mol. The Morgan fingerprint density at radius 1 is 1.19 bits per heavy atom. The minimum Gasteiger partial charge on any atom is -0.497 e. The summed E-state index contributed by atoms with van der Waals surface area (Å²) in [6.45, 7) is 0.670. The molecule has 8 heteroatoms. The molecule has 0 saturated carbocycles. The van der Waals surface area contributed by atoms with Crippen molar-refractivity contribution in [1.82, 2.24) is 20.3 Å². The highest BCUT2D eigenvalue weighted by molar-refractivity contribution is 8.06. The molecule has 0 fully saturated rings. The molecular formula is C23H20N6OS. The number of nitrogens with zero attached hydrogens (tertiary/aromatic N) is 4. The first kappa shape index (κ1) is 20.4. The van der Waals surface area contributed by atoms with E-state index < -0.39 is 0 Å². The van der Waals surface area contributed by atoms with Crippen LogP contribution in [0.1, 0.15) is 16.8 Å². The normalized spacial score (nSPS) is 14.3. The molecule has 1 aliphatic rings. The van der Waals surface area contributed by atoms with E-state index in [0.717, 1.165) is 34.0 Å². The molecule has 2 N–H and O–H groups in total.